The van der Waals surface area contributed by atoms with Crippen LogP contribution >= 0.6 is 11.3 Å². The molecular weight excluding hydrogens is 178 g/mol. The fraction of sp³-hybridized carbons (Fsp3) is 0.636. The average molecular weight is 195 g/mol. The van der Waals surface area contributed by atoms with E-state index in [-0.39, 0.29) is 0 Å². The second-order valence-corrected chi connectivity index (χ2v) is 5.34. The molecule has 1 N–H and O–H groups in total. The van der Waals surface area contributed by atoms with Crippen molar-refractivity contribution in [1.29, 1.82) is 0 Å². The lowest BCUT2D eigenvalue weighted by Gasteiger charge is -2.28. The Bertz CT molecular complexity index is 279. The Labute approximate surface area is 84.2 Å². The number of nitrogens with one attached hydrogen (secondary N) is 1. The van der Waals surface area contributed by atoms with Crippen LogP contribution in [-0.2, 0) is 0 Å². The highest BCUT2D eigenvalue weighted by molar-refractivity contribution is 7.12. The maximum absolute atomic E-state index is 3.45. The zero-order valence-electron chi connectivity index (χ0n) is 8.34. The molecule has 2 rings (SSSR count). The Kier molecular flexibility index (Phi) is 2.70. The highest BCUT2D eigenvalue weighted by Gasteiger charge is 2.23. The van der Waals surface area contributed by atoms with Crippen LogP contribution in [0, 0.1) is 12.8 Å². The summed E-state index contributed by atoms with van der Waals surface area (Å²) in [4.78, 5) is 3.03. The van der Waals surface area contributed by atoms with E-state index in [1.165, 1.54) is 24.4 Å². The van der Waals surface area contributed by atoms with Gasteiger partial charge in [-0.1, -0.05) is 6.92 Å². The monoisotopic (exact) mass is 195 g/mol. The van der Waals surface area contributed by atoms with Gasteiger partial charge in [-0.05, 0) is 50.4 Å². The van der Waals surface area contributed by atoms with Crippen LogP contribution < -0.4 is 5.32 Å². The molecule has 72 valence electrons. The summed E-state index contributed by atoms with van der Waals surface area (Å²) in [5.74, 6) is 1.60. The van der Waals surface area contributed by atoms with Gasteiger partial charge in [-0.15, -0.1) is 11.3 Å². The highest BCUT2D eigenvalue weighted by Crippen LogP contribution is 2.34. The third kappa shape index (κ3) is 1.94. The first-order valence-electron chi connectivity index (χ1n) is 5.04. The summed E-state index contributed by atoms with van der Waals surface area (Å²) in [5, 5.41) is 3.45. The Morgan fingerprint density at radius 1 is 1.46 bits per heavy atom. The van der Waals surface area contributed by atoms with Gasteiger partial charge < -0.3 is 5.32 Å². The molecule has 2 heterocycles. The summed E-state index contributed by atoms with van der Waals surface area (Å²) in [6, 6.07) is 4.56. The standard InChI is InChI=1S/C11H17NS/c1-8-7-12-6-5-10(8)11-4-3-9(2)13-11/h3-4,8,10,12H,5-7H2,1-2H3. The Morgan fingerprint density at radius 3 is 2.92 bits per heavy atom. The van der Waals surface area contributed by atoms with Crippen molar-refractivity contribution in [2.24, 2.45) is 5.92 Å². The third-order valence-electron chi connectivity index (χ3n) is 2.91. The van der Waals surface area contributed by atoms with E-state index in [0.717, 1.165) is 11.8 Å². The zero-order chi connectivity index (χ0) is 9.26. The molecule has 0 radical (unpaired) electrons. The highest BCUT2D eigenvalue weighted by atomic mass is 32.1. The van der Waals surface area contributed by atoms with Crippen molar-refractivity contribution < 1.29 is 0 Å². The van der Waals surface area contributed by atoms with Crippen molar-refractivity contribution >= 4 is 11.3 Å². The molecule has 0 spiro atoms. The molecule has 1 aromatic rings. The van der Waals surface area contributed by atoms with Gasteiger partial charge in [-0.3, -0.25) is 0 Å². The molecule has 1 nitrogen and oxygen atoms in total. The van der Waals surface area contributed by atoms with Crippen LogP contribution in [-0.4, -0.2) is 13.1 Å². The third-order valence-corrected chi connectivity index (χ3v) is 4.04. The van der Waals surface area contributed by atoms with E-state index in [0.29, 0.717) is 0 Å². The predicted octanol–water partition coefficient (Wildman–Crippen LogP) is 2.77. The molecule has 1 aliphatic rings. The molecular formula is C11H17NS. The van der Waals surface area contributed by atoms with Gasteiger partial charge in [-0.25, -0.2) is 0 Å². The topological polar surface area (TPSA) is 12.0 Å². The van der Waals surface area contributed by atoms with Gasteiger partial charge in [0.1, 0.15) is 0 Å². The minimum Gasteiger partial charge on any atom is -0.316 e. The van der Waals surface area contributed by atoms with E-state index in [1.54, 1.807) is 4.88 Å². The summed E-state index contributed by atoms with van der Waals surface area (Å²) >= 11 is 1.97. The minimum absolute atomic E-state index is 0.798. The Balaban J connectivity index is 2.14. The number of hydrogen-bond acceptors (Lipinski definition) is 2. The summed E-state index contributed by atoms with van der Waals surface area (Å²) in [7, 11) is 0. The minimum atomic E-state index is 0.798. The summed E-state index contributed by atoms with van der Waals surface area (Å²) in [6.07, 6.45) is 1.31. The zero-order valence-corrected chi connectivity index (χ0v) is 9.16. The van der Waals surface area contributed by atoms with E-state index in [2.05, 4.69) is 31.3 Å². The van der Waals surface area contributed by atoms with E-state index in [1.807, 2.05) is 11.3 Å². The van der Waals surface area contributed by atoms with Crippen LogP contribution in [0.3, 0.4) is 0 Å². The second-order valence-electron chi connectivity index (χ2n) is 4.02. The molecule has 0 aliphatic carbocycles. The van der Waals surface area contributed by atoms with Gasteiger partial charge in [0.05, 0.1) is 0 Å². The normalized spacial score (nSPS) is 29.1. The molecule has 13 heavy (non-hydrogen) atoms. The first kappa shape index (κ1) is 9.22. The van der Waals surface area contributed by atoms with E-state index >= 15 is 0 Å². The molecule has 2 heteroatoms. The largest absolute Gasteiger partial charge is 0.316 e. The quantitative estimate of drug-likeness (QED) is 0.726. The number of aryl methyl sites for hydroxylation is 1. The molecule has 1 saturated heterocycles. The van der Waals surface area contributed by atoms with Crippen molar-refractivity contribution in [3.63, 3.8) is 0 Å². The molecule has 1 fully saturated rings. The number of hydrogen-bond donors (Lipinski definition) is 1. The van der Waals surface area contributed by atoms with E-state index in [9.17, 15) is 0 Å². The van der Waals surface area contributed by atoms with Crippen molar-refractivity contribution in [2.45, 2.75) is 26.2 Å². The first-order chi connectivity index (χ1) is 6.27. The molecule has 0 amide bonds. The molecule has 1 aliphatic heterocycles. The SMILES string of the molecule is Cc1ccc(C2CCNCC2C)s1. The Morgan fingerprint density at radius 2 is 2.31 bits per heavy atom. The number of thiophene rings is 1. The van der Waals surface area contributed by atoms with E-state index < -0.39 is 0 Å². The van der Waals surface area contributed by atoms with Gasteiger partial charge in [-0.2, -0.15) is 0 Å². The van der Waals surface area contributed by atoms with Gasteiger partial charge >= 0.3 is 0 Å². The van der Waals surface area contributed by atoms with Crippen LogP contribution in [0.1, 0.15) is 29.0 Å². The fourth-order valence-corrected chi connectivity index (χ4v) is 3.23. The van der Waals surface area contributed by atoms with Gasteiger partial charge in [0.25, 0.3) is 0 Å². The van der Waals surface area contributed by atoms with Crippen molar-refractivity contribution in [3.8, 4) is 0 Å². The number of rotatable bonds is 1. The van der Waals surface area contributed by atoms with Crippen molar-refractivity contribution in [1.82, 2.24) is 5.32 Å². The van der Waals surface area contributed by atoms with Crippen molar-refractivity contribution in [2.75, 3.05) is 13.1 Å². The molecule has 1 aromatic heterocycles. The smallest absolute Gasteiger partial charge is 0.00826 e. The van der Waals surface area contributed by atoms with Crippen LogP contribution in [0.15, 0.2) is 12.1 Å². The maximum Gasteiger partial charge on any atom is 0.00826 e. The maximum atomic E-state index is 3.45. The Hall–Kier alpha value is -0.340. The lowest BCUT2D eigenvalue weighted by atomic mass is 9.87. The molecule has 0 saturated carbocycles. The average Bonchev–Trinajstić information content (AvgIpc) is 2.53. The van der Waals surface area contributed by atoms with Crippen LogP contribution in [0.25, 0.3) is 0 Å². The van der Waals surface area contributed by atoms with Gasteiger partial charge in [0.15, 0.2) is 0 Å². The molecule has 0 aromatic carbocycles. The molecule has 0 bridgehead atoms. The van der Waals surface area contributed by atoms with Crippen LogP contribution in [0.5, 0.6) is 0 Å². The summed E-state index contributed by atoms with van der Waals surface area (Å²) in [5.41, 5.74) is 0. The number of piperidine rings is 1. The van der Waals surface area contributed by atoms with Crippen molar-refractivity contribution in [3.05, 3.63) is 21.9 Å². The second kappa shape index (κ2) is 3.81. The van der Waals surface area contributed by atoms with Crippen LogP contribution in [0.2, 0.25) is 0 Å². The molecule has 2 atom stereocenters. The lowest BCUT2D eigenvalue weighted by Crippen LogP contribution is -2.33. The lowest BCUT2D eigenvalue weighted by molar-refractivity contribution is 0.353. The van der Waals surface area contributed by atoms with Gasteiger partial charge in [0, 0.05) is 9.75 Å². The van der Waals surface area contributed by atoms with E-state index in [4.69, 9.17) is 0 Å². The predicted molar refractivity (Wildman–Crippen MR) is 58.4 cm³/mol. The summed E-state index contributed by atoms with van der Waals surface area (Å²) in [6.45, 7) is 6.92. The summed E-state index contributed by atoms with van der Waals surface area (Å²) < 4.78 is 0. The van der Waals surface area contributed by atoms with Crippen LogP contribution in [0.4, 0.5) is 0 Å². The fourth-order valence-electron chi connectivity index (χ4n) is 2.09. The molecule has 2 unspecified atom stereocenters. The first-order valence-corrected chi connectivity index (χ1v) is 5.86. The van der Waals surface area contributed by atoms with Gasteiger partial charge in [0.2, 0.25) is 0 Å².